The number of aromatic nitrogens is 2. The minimum Gasteiger partial charge on any atom is -1.00 e. The lowest BCUT2D eigenvalue weighted by Gasteiger charge is -2.29. The van der Waals surface area contributed by atoms with Gasteiger partial charge in [-0.1, -0.05) is 42.5 Å². The van der Waals surface area contributed by atoms with Crippen molar-refractivity contribution in [2.24, 2.45) is 0 Å². The number of halogens is 2. The second-order valence-electron chi connectivity index (χ2n) is 8.47. The highest BCUT2D eigenvalue weighted by molar-refractivity contribution is 5.78. The monoisotopic (exact) mass is 472 g/mol. The molecule has 0 radical (unpaired) electrons. The molecule has 0 bridgehead atoms. The lowest BCUT2D eigenvalue weighted by atomic mass is 10.2. The van der Waals surface area contributed by atoms with Gasteiger partial charge in [-0.3, -0.25) is 4.79 Å². The van der Waals surface area contributed by atoms with Gasteiger partial charge in [-0.15, -0.1) is 0 Å². The average molecular weight is 473 g/mol. The quantitative estimate of drug-likeness (QED) is 0.288. The normalized spacial score (nSPS) is 18.2. The van der Waals surface area contributed by atoms with Gasteiger partial charge in [0.2, 0.25) is 0 Å². The second-order valence-corrected chi connectivity index (χ2v) is 8.47. The number of aryl methyl sites for hydroxylation is 1. The summed E-state index contributed by atoms with van der Waals surface area (Å²) in [7, 11) is 0. The van der Waals surface area contributed by atoms with Crippen molar-refractivity contribution in [3.8, 4) is 0 Å². The topological polar surface area (TPSA) is 35.3 Å². The fourth-order valence-electron chi connectivity index (χ4n) is 4.89. The predicted molar refractivity (Wildman–Crippen MR) is 120 cm³/mol. The largest absolute Gasteiger partial charge is 1.00 e. The third kappa shape index (κ3) is 5.02. The minimum atomic E-state index is 0. The summed E-state index contributed by atoms with van der Waals surface area (Å²) in [6, 6.07) is 22.9. The maximum atomic E-state index is 13.0. The molecule has 1 aliphatic rings. The van der Waals surface area contributed by atoms with Gasteiger partial charge in [0.05, 0.1) is 17.6 Å². The molecular weight excluding hydrogens is 443 g/mol. The number of hydrogen-bond donors (Lipinski definition) is 2. The molecule has 1 fully saturated rings. The molecule has 4 aromatic rings. The molecule has 2 aromatic carbocycles. The van der Waals surface area contributed by atoms with Crippen LogP contribution in [0.3, 0.4) is 0 Å². The predicted octanol–water partition coefficient (Wildman–Crippen LogP) is -5.36. The SMILES string of the molecule is O=c1c2cccn2c2ccccc2n1CCC[NH+]1CC[NH+](Cc2ccccc2)CC1.[Cl-].[Cl-]. The van der Waals surface area contributed by atoms with E-state index in [4.69, 9.17) is 0 Å². The highest BCUT2D eigenvalue weighted by Crippen LogP contribution is 2.15. The molecule has 170 valence electrons. The number of rotatable bonds is 6. The first-order chi connectivity index (χ1) is 14.8. The second kappa shape index (κ2) is 11.0. The zero-order valence-electron chi connectivity index (χ0n) is 18.1. The van der Waals surface area contributed by atoms with Gasteiger partial charge in [0, 0.05) is 24.7 Å². The van der Waals surface area contributed by atoms with Crippen molar-refractivity contribution in [3.05, 3.63) is 88.8 Å². The summed E-state index contributed by atoms with van der Waals surface area (Å²) >= 11 is 0. The van der Waals surface area contributed by atoms with E-state index in [0.717, 1.165) is 42.6 Å². The van der Waals surface area contributed by atoms with E-state index in [0.29, 0.717) is 0 Å². The summed E-state index contributed by atoms with van der Waals surface area (Å²) < 4.78 is 3.98. The Morgan fingerprint density at radius 3 is 2.09 bits per heavy atom. The molecular formula is C25H30Cl2N4O. The molecule has 0 unspecified atom stereocenters. The Labute approximate surface area is 201 Å². The summed E-state index contributed by atoms with van der Waals surface area (Å²) in [5.74, 6) is 0. The van der Waals surface area contributed by atoms with E-state index in [1.165, 1.54) is 31.7 Å². The first-order valence-corrected chi connectivity index (χ1v) is 11.1. The van der Waals surface area contributed by atoms with Crippen molar-refractivity contribution in [1.29, 1.82) is 0 Å². The molecule has 0 saturated carbocycles. The van der Waals surface area contributed by atoms with Crippen LogP contribution in [0.2, 0.25) is 0 Å². The molecule has 0 amide bonds. The van der Waals surface area contributed by atoms with Crippen LogP contribution in [0.4, 0.5) is 0 Å². The molecule has 1 aliphatic heterocycles. The maximum absolute atomic E-state index is 13.0. The highest BCUT2D eigenvalue weighted by Gasteiger charge is 2.22. The smallest absolute Gasteiger partial charge is 0.275 e. The molecule has 1 saturated heterocycles. The van der Waals surface area contributed by atoms with Crippen molar-refractivity contribution in [2.75, 3.05) is 32.7 Å². The van der Waals surface area contributed by atoms with Crippen LogP contribution in [0.15, 0.2) is 77.7 Å². The van der Waals surface area contributed by atoms with Gasteiger partial charge in [-0.2, -0.15) is 0 Å². The van der Waals surface area contributed by atoms with Crippen LogP contribution in [0.1, 0.15) is 12.0 Å². The molecule has 2 aromatic heterocycles. The van der Waals surface area contributed by atoms with E-state index >= 15 is 0 Å². The first-order valence-electron chi connectivity index (χ1n) is 11.1. The van der Waals surface area contributed by atoms with E-state index in [1.54, 1.807) is 9.80 Å². The molecule has 2 N–H and O–H groups in total. The fraction of sp³-hybridized carbons (Fsp3) is 0.320. The van der Waals surface area contributed by atoms with Crippen LogP contribution >= 0.6 is 0 Å². The number of benzene rings is 2. The number of piperazine rings is 1. The van der Waals surface area contributed by atoms with Crippen LogP contribution in [0.25, 0.3) is 16.6 Å². The summed E-state index contributed by atoms with van der Waals surface area (Å²) in [6.07, 6.45) is 3.01. The van der Waals surface area contributed by atoms with Crippen LogP contribution < -0.4 is 40.2 Å². The Balaban J connectivity index is 0.00000144. The maximum Gasteiger partial charge on any atom is 0.275 e. The zero-order valence-corrected chi connectivity index (χ0v) is 19.7. The van der Waals surface area contributed by atoms with E-state index in [2.05, 4.69) is 42.5 Å². The number of hydrogen-bond acceptors (Lipinski definition) is 1. The number of nitrogens with zero attached hydrogens (tertiary/aromatic N) is 2. The molecule has 7 heteroatoms. The Morgan fingerprint density at radius 1 is 0.719 bits per heavy atom. The molecule has 0 atom stereocenters. The van der Waals surface area contributed by atoms with Gasteiger partial charge in [0.25, 0.3) is 5.56 Å². The molecule has 0 aliphatic carbocycles. The Kier molecular flexibility index (Phi) is 8.38. The molecule has 5 nitrogen and oxygen atoms in total. The van der Waals surface area contributed by atoms with Crippen molar-refractivity contribution in [1.82, 2.24) is 8.97 Å². The molecule has 3 heterocycles. The average Bonchev–Trinajstić information content (AvgIpc) is 3.28. The number of fused-ring (bicyclic) bond motifs is 3. The number of nitrogens with one attached hydrogen (secondary N) is 2. The zero-order chi connectivity index (χ0) is 20.3. The molecule has 5 rings (SSSR count). The van der Waals surface area contributed by atoms with Gasteiger partial charge < -0.3 is 43.6 Å². The third-order valence-electron chi connectivity index (χ3n) is 6.52. The Hall–Kier alpha value is -2.31. The van der Waals surface area contributed by atoms with Crippen LogP contribution in [0, 0.1) is 0 Å². The Morgan fingerprint density at radius 2 is 1.34 bits per heavy atom. The van der Waals surface area contributed by atoms with E-state index < -0.39 is 0 Å². The van der Waals surface area contributed by atoms with E-state index in [1.807, 2.05) is 39.4 Å². The molecule has 32 heavy (non-hydrogen) atoms. The highest BCUT2D eigenvalue weighted by atomic mass is 35.5. The molecule has 0 spiro atoms. The van der Waals surface area contributed by atoms with Crippen molar-refractivity contribution >= 4 is 16.6 Å². The summed E-state index contributed by atoms with van der Waals surface area (Å²) in [5, 5.41) is 0. The first kappa shape index (κ1) is 24.3. The lowest BCUT2D eigenvalue weighted by Crippen LogP contribution is -3.27. The summed E-state index contributed by atoms with van der Waals surface area (Å²) in [4.78, 5) is 16.4. The van der Waals surface area contributed by atoms with E-state index in [9.17, 15) is 4.79 Å². The lowest BCUT2D eigenvalue weighted by molar-refractivity contribution is -1.02. The van der Waals surface area contributed by atoms with Gasteiger partial charge >= 0.3 is 0 Å². The number of para-hydroxylation sites is 2. The van der Waals surface area contributed by atoms with E-state index in [-0.39, 0.29) is 30.4 Å². The van der Waals surface area contributed by atoms with Crippen LogP contribution in [0.5, 0.6) is 0 Å². The van der Waals surface area contributed by atoms with Crippen molar-refractivity contribution in [3.63, 3.8) is 0 Å². The number of quaternary nitrogens is 2. The van der Waals surface area contributed by atoms with Gasteiger partial charge in [-0.25, -0.2) is 0 Å². The summed E-state index contributed by atoms with van der Waals surface area (Å²) in [6.45, 7) is 7.93. The van der Waals surface area contributed by atoms with Gasteiger partial charge in [0.1, 0.15) is 38.2 Å². The third-order valence-corrected chi connectivity index (χ3v) is 6.52. The minimum absolute atomic E-state index is 0. The van der Waals surface area contributed by atoms with Crippen molar-refractivity contribution < 1.29 is 34.6 Å². The standard InChI is InChI=1S/C25H28N4O.2ClH/c30-25-24-12-6-14-28(24)22-10-4-5-11-23(22)29(25)15-7-13-26-16-18-27(19-17-26)20-21-8-2-1-3-9-21;;/h1-6,8-12,14H,7,13,15-20H2;2*1H. The summed E-state index contributed by atoms with van der Waals surface area (Å²) in [5.41, 5.74) is 4.44. The Bertz CT molecular complexity index is 1200. The van der Waals surface area contributed by atoms with Crippen molar-refractivity contribution in [2.45, 2.75) is 19.5 Å². The fourth-order valence-corrected chi connectivity index (χ4v) is 4.89. The van der Waals surface area contributed by atoms with Gasteiger partial charge in [-0.05, 0) is 24.3 Å². The van der Waals surface area contributed by atoms with Gasteiger partial charge in [0.15, 0.2) is 0 Å². The van der Waals surface area contributed by atoms with Crippen LogP contribution in [-0.2, 0) is 13.1 Å². The van der Waals surface area contributed by atoms with Crippen LogP contribution in [-0.4, -0.2) is 41.7 Å².